The van der Waals surface area contributed by atoms with Crippen LogP contribution in [0.1, 0.15) is 134 Å². The molecular weight excluding hydrogens is 935 g/mol. The van der Waals surface area contributed by atoms with Crippen LogP contribution in [0.25, 0.3) is 10.8 Å². The van der Waals surface area contributed by atoms with Crippen molar-refractivity contribution in [3.05, 3.63) is 124 Å². The number of alkyl halides is 1. The summed E-state index contributed by atoms with van der Waals surface area (Å²) in [6, 6.07) is 28.0. The first-order valence-corrected chi connectivity index (χ1v) is 28.9. The number of carbonyl (C=O) groups is 1. The third-order valence-corrected chi connectivity index (χ3v) is 22.8. The number of fused-ring (bicyclic) bond motifs is 5. The maximum absolute atomic E-state index is 16.8. The molecule has 0 spiro atoms. The standard InChI is InChI=1S/C60H72F2N6O4Si/c1-38(2)73(39(3)4,40(5)6)28-25-48-51(62)24-21-43-29-45(63-55(41-17-12-10-13-18-41)42-19-14-11-15-20-42)30-49(54(43)48)53-31-52-50(36-70-53)56(65-57(64-52)71-37-60-26-16-27-67(60)33-44(61)32-60)66-34-46-22-23-47(35-66)68(46)58(69)72-59(7,8)9/h10-15,17-21,24,29-30,38-40,44,46-47,53H,16,22-23,26-27,31-37H2,1-9H3/t44-,46?,47?,53?,60+/m1/s1. The number of aromatic nitrogens is 2. The van der Waals surface area contributed by atoms with Gasteiger partial charge in [-0.1, -0.05) is 114 Å². The molecule has 3 unspecified atom stereocenters. The van der Waals surface area contributed by atoms with Gasteiger partial charge >= 0.3 is 12.1 Å². The van der Waals surface area contributed by atoms with Crippen molar-refractivity contribution in [2.75, 3.05) is 37.7 Å². The number of hydrogen-bond acceptors (Lipinski definition) is 9. The van der Waals surface area contributed by atoms with Crippen molar-refractivity contribution in [1.82, 2.24) is 19.8 Å². The van der Waals surface area contributed by atoms with Gasteiger partial charge in [-0.05, 0) is 98.8 Å². The van der Waals surface area contributed by atoms with Crippen molar-refractivity contribution < 1.29 is 27.8 Å². The van der Waals surface area contributed by atoms with Gasteiger partial charge in [-0.25, -0.2) is 18.6 Å². The summed E-state index contributed by atoms with van der Waals surface area (Å²) in [4.78, 5) is 35.8. The van der Waals surface area contributed by atoms with Crippen LogP contribution >= 0.6 is 0 Å². The Balaban J connectivity index is 1.10. The zero-order chi connectivity index (χ0) is 51.4. The summed E-state index contributed by atoms with van der Waals surface area (Å²) in [5, 5.41) is 1.53. The molecule has 5 atom stereocenters. The quantitative estimate of drug-likeness (QED) is 0.0734. The van der Waals surface area contributed by atoms with Gasteiger partial charge in [0.15, 0.2) is 0 Å². The first-order chi connectivity index (χ1) is 34.9. The smallest absolute Gasteiger partial charge is 0.410 e. The molecule has 384 valence electrons. The minimum absolute atomic E-state index is 0.0589. The Kier molecular flexibility index (Phi) is 14.1. The highest BCUT2D eigenvalue weighted by molar-refractivity contribution is 6.90. The summed E-state index contributed by atoms with van der Waals surface area (Å²) in [6.07, 6.45) is 2.58. The number of benzene rings is 4. The van der Waals surface area contributed by atoms with Gasteiger partial charge in [-0.2, -0.15) is 9.97 Å². The second kappa shape index (κ2) is 20.2. The van der Waals surface area contributed by atoms with Crippen molar-refractivity contribution >= 4 is 42.2 Å². The summed E-state index contributed by atoms with van der Waals surface area (Å²) >= 11 is 0. The molecule has 10 rings (SSSR count). The first-order valence-electron chi connectivity index (χ1n) is 26.7. The van der Waals surface area contributed by atoms with Crippen molar-refractivity contribution in [3.8, 4) is 17.5 Å². The Morgan fingerprint density at radius 3 is 2.19 bits per heavy atom. The van der Waals surface area contributed by atoms with Crippen LogP contribution in [0.2, 0.25) is 16.6 Å². The zero-order valence-electron chi connectivity index (χ0n) is 44.2. The van der Waals surface area contributed by atoms with Crippen LogP contribution in [-0.2, 0) is 22.5 Å². The highest BCUT2D eigenvalue weighted by atomic mass is 28.3. The molecule has 5 aliphatic heterocycles. The fraction of sp³-hybridized carbons (Fsp3) is 0.500. The molecular formula is C60H72F2N6O4Si. The van der Waals surface area contributed by atoms with E-state index in [1.54, 1.807) is 6.07 Å². The number of anilines is 1. The van der Waals surface area contributed by atoms with E-state index in [-0.39, 0.29) is 43.2 Å². The number of rotatable bonds is 11. The summed E-state index contributed by atoms with van der Waals surface area (Å²) < 4.78 is 51.5. The molecule has 10 nitrogen and oxygen atoms in total. The monoisotopic (exact) mass is 1010 g/mol. The molecule has 5 aliphatic rings. The summed E-state index contributed by atoms with van der Waals surface area (Å²) in [5.41, 5.74) is 10.1. The fourth-order valence-corrected chi connectivity index (χ4v) is 18.4. The lowest BCUT2D eigenvalue weighted by Crippen LogP contribution is -2.57. The van der Waals surface area contributed by atoms with Crippen LogP contribution in [-0.4, -0.2) is 102 Å². The fourth-order valence-electron chi connectivity index (χ4n) is 13.2. The molecule has 4 fully saturated rings. The van der Waals surface area contributed by atoms with Crippen LogP contribution in [0.5, 0.6) is 6.01 Å². The van der Waals surface area contributed by atoms with Crippen LogP contribution in [0.15, 0.2) is 89.9 Å². The highest BCUT2D eigenvalue weighted by Crippen LogP contribution is 2.45. The SMILES string of the molecule is CC(C)[Si](C#Cc1c(F)ccc2cc(N=C(c3ccccc3)c3ccccc3)cc(C3Cc4nc(OC[C@@]56CCCN5C[C@H](F)C6)nc(N5CC6CCC(C5)N6C(=O)OC(C)(C)C)c4CO3)c12)(C(C)C)C(C)C. The predicted molar refractivity (Wildman–Crippen MR) is 289 cm³/mol. The maximum Gasteiger partial charge on any atom is 0.410 e. The number of nitrogens with zero attached hydrogens (tertiary/aromatic N) is 6. The van der Waals surface area contributed by atoms with Gasteiger partial charge < -0.3 is 19.1 Å². The molecule has 1 aromatic heterocycles. The van der Waals surface area contributed by atoms with Crippen LogP contribution in [0.3, 0.4) is 0 Å². The van der Waals surface area contributed by atoms with Crippen molar-refractivity contribution in [1.29, 1.82) is 0 Å². The number of amides is 1. The van der Waals surface area contributed by atoms with Gasteiger partial charge in [0.25, 0.3) is 0 Å². The Morgan fingerprint density at radius 2 is 1.56 bits per heavy atom. The predicted octanol–water partition coefficient (Wildman–Crippen LogP) is 12.9. The van der Waals surface area contributed by atoms with E-state index in [0.29, 0.717) is 65.7 Å². The molecule has 4 aromatic carbocycles. The van der Waals surface area contributed by atoms with Crippen LogP contribution < -0.4 is 9.64 Å². The maximum atomic E-state index is 16.8. The molecule has 13 heteroatoms. The zero-order valence-corrected chi connectivity index (χ0v) is 45.2. The van der Waals surface area contributed by atoms with E-state index in [0.717, 1.165) is 77.1 Å². The normalized spacial score (nSPS) is 22.9. The minimum Gasteiger partial charge on any atom is -0.461 e. The Bertz CT molecular complexity index is 2880. The molecule has 1 amide bonds. The number of ether oxygens (including phenoxy) is 3. The van der Waals surface area contributed by atoms with Crippen LogP contribution in [0, 0.1) is 17.3 Å². The largest absolute Gasteiger partial charge is 0.461 e. The van der Waals surface area contributed by atoms with Gasteiger partial charge in [0.1, 0.15) is 38.1 Å². The molecule has 0 aliphatic carbocycles. The Morgan fingerprint density at radius 1 is 0.904 bits per heavy atom. The Labute approximate surface area is 431 Å². The second-order valence-corrected chi connectivity index (χ2v) is 28.8. The molecule has 0 N–H and O–H groups in total. The lowest BCUT2D eigenvalue weighted by atomic mass is 9.91. The Hall–Kier alpha value is -5.68. The van der Waals surface area contributed by atoms with Crippen molar-refractivity contribution in [3.63, 3.8) is 0 Å². The molecule has 6 heterocycles. The van der Waals surface area contributed by atoms with Crippen molar-refractivity contribution in [2.24, 2.45) is 4.99 Å². The molecule has 4 saturated heterocycles. The number of hydrogen-bond donors (Lipinski definition) is 0. The van der Waals surface area contributed by atoms with Gasteiger partial charge in [-0.3, -0.25) is 9.80 Å². The van der Waals surface area contributed by atoms with E-state index in [4.69, 9.17) is 29.2 Å². The number of halogens is 2. The molecule has 5 aromatic rings. The number of carbonyl (C=O) groups excluding carboxylic acids is 1. The summed E-state index contributed by atoms with van der Waals surface area (Å²) in [6.45, 7) is 22.2. The number of piperazine rings is 1. The third-order valence-electron chi connectivity index (χ3n) is 16.5. The highest BCUT2D eigenvalue weighted by Gasteiger charge is 2.50. The van der Waals surface area contributed by atoms with E-state index in [9.17, 15) is 4.79 Å². The topological polar surface area (TPSA) is 92.6 Å². The van der Waals surface area contributed by atoms with Gasteiger partial charge in [0, 0.05) is 54.6 Å². The van der Waals surface area contributed by atoms with Gasteiger partial charge in [0.2, 0.25) is 0 Å². The van der Waals surface area contributed by atoms with Gasteiger partial charge in [0.05, 0.1) is 53.0 Å². The minimum atomic E-state index is -2.29. The number of aliphatic imine (C=N–C) groups is 1. The van der Waals surface area contributed by atoms with E-state index in [1.807, 2.05) is 74.2 Å². The van der Waals surface area contributed by atoms with Crippen LogP contribution in [0.4, 0.5) is 25.1 Å². The summed E-state index contributed by atoms with van der Waals surface area (Å²) in [5.74, 6) is 3.90. The van der Waals surface area contributed by atoms with E-state index < -0.39 is 31.5 Å². The average molecular weight is 1010 g/mol. The van der Waals surface area contributed by atoms with E-state index in [2.05, 4.69) is 93.1 Å². The average Bonchev–Trinajstić information content (AvgIpc) is 3.98. The lowest BCUT2D eigenvalue weighted by Gasteiger charge is -2.42. The first kappa shape index (κ1) is 50.8. The van der Waals surface area contributed by atoms with Gasteiger partial charge in [-0.15, -0.1) is 5.54 Å². The van der Waals surface area contributed by atoms with E-state index >= 15 is 8.78 Å². The second-order valence-electron chi connectivity index (χ2n) is 23.2. The molecule has 0 saturated carbocycles. The summed E-state index contributed by atoms with van der Waals surface area (Å²) in [7, 11) is -2.29. The third kappa shape index (κ3) is 9.92. The van der Waals surface area contributed by atoms with E-state index in [1.165, 1.54) is 0 Å². The molecule has 0 radical (unpaired) electrons. The molecule has 2 bridgehead atoms. The van der Waals surface area contributed by atoms with Crippen molar-refractivity contribution in [2.45, 2.75) is 160 Å². The molecule has 73 heavy (non-hydrogen) atoms. The lowest BCUT2D eigenvalue weighted by molar-refractivity contribution is 0.0118.